The van der Waals surface area contributed by atoms with Crippen molar-refractivity contribution in [2.75, 3.05) is 19.7 Å². The predicted octanol–water partition coefficient (Wildman–Crippen LogP) is 3.85. The van der Waals surface area contributed by atoms with Crippen molar-refractivity contribution in [2.45, 2.75) is 25.4 Å². The van der Waals surface area contributed by atoms with Gasteiger partial charge in [-0.2, -0.15) is 0 Å². The molecule has 0 atom stereocenters. The summed E-state index contributed by atoms with van der Waals surface area (Å²) in [5, 5.41) is 3.96. The largest absolute Gasteiger partial charge is 0.482 e. The van der Waals surface area contributed by atoms with Crippen LogP contribution in [0.2, 0.25) is 5.02 Å². The average Bonchev–Trinajstić information content (AvgIpc) is 2.62. The minimum Gasteiger partial charge on any atom is -0.482 e. The van der Waals surface area contributed by atoms with Gasteiger partial charge in [0.05, 0.1) is 0 Å². The van der Waals surface area contributed by atoms with Crippen molar-refractivity contribution in [3.63, 3.8) is 0 Å². The van der Waals surface area contributed by atoms with E-state index in [1.54, 1.807) is 18.2 Å². The van der Waals surface area contributed by atoms with Crippen molar-refractivity contribution >= 4 is 17.6 Å². The van der Waals surface area contributed by atoms with Gasteiger partial charge in [-0.25, -0.2) is 4.79 Å². The lowest BCUT2D eigenvalue weighted by Gasteiger charge is -2.37. The molecule has 1 aliphatic heterocycles. The minimum atomic E-state index is -0.581. The monoisotopic (exact) mass is 359 g/mol. The van der Waals surface area contributed by atoms with Crippen molar-refractivity contribution in [3.05, 3.63) is 64.7 Å². The Morgan fingerprint density at radius 3 is 2.56 bits per heavy atom. The molecule has 0 aromatic heterocycles. The van der Waals surface area contributed by atoms with Crippen LogP contribution in [0.1, 0.15) is 24.0 Å². The lowest BCUT2D eigenvalue weighted by molar-refractivity contribution is -0.166. The highest BCUT2D eigenvalue weighted by Gasteiger charge is 2.37. The molecule has 0 radical (unpaired) electrons. The van der Waals surface area contributed by atoms with Crippen molar-refractivity contribution < 1.29 is 14.3 Å². The number of hydrogen-bond donors (Lipinski definition) is 1. The van der Waals surface area contributed by atoms with Gasteiger partial charge in [-0.3, -0.25) is 0 Å². The first kappa shape index (κ1) is 17.8. The fourth-order valence-corrected chi connectivity index (χ4v) is 3.41. The van der Waals surface area contributed by atoms with E-state index in [1.807, 2.05) is 37.3 Å². The molecule has 1 heterocycles. The smallest absolute Gasteiger partial charge is 0.345 e. The predicted molar refractivity (Wildman–Crippen MR) is 98.0 cm³/mol. The van der Waals surface area contributed by atoms with Gasteiger partial charge < -0.3 is 14.8 Å². The number of aryl methyl sites for hydroxylation is 1. The molecular weight excluding hydrogens is 338 g/mol. The number of benzene rings is 2. The SMILES string of the molecule is Cc1cc(Cl)ccc1OCC(=O)OC1(c2ccccc2)CCNCC1. The third-order valence-corrected chi connectivity index (χ3v) is 4.74. The Balaban J connectivity index is 1.68. The molecule has 0 bridgehead atoms. The summed E-state index contributed by atoms with van der Waals surface area (Å²) >= 11 is 5.94. The summed E-state index contributed by atoms with van der Waals surface area (Å²) in [5.41, 5.74) is 1.34. The van der Waals surface area contributed by atoms with Crippen molar-refractivity contribution in [1.82, 2.24) is 5.32 Å². The first-order valence-corrected chi connectivity index (χ1v) is 8.84. The topological polar surface area (TPSA) is 47.6 Å². The Kier molecular flexibility index (Phi) is 5.61. The number of piperidine rings is 1. The van der Waals surface area contributed by atoms with Crippen LogP contribution in [-0.4, -0.2) is 25.7 Å². The number of hydrogen-bond acceptors (Lipinski definition) is 4. The summed E-state index contributed by atoms with van der Waals surface area (Å²) in [4.78, 5) is 12.4. The zero-order chi connectivity index (χ0) is 17.7. The highest BCUT2D eigenvalue weighted by molar-refractivity contribution is 6.30. The Labute approximate surface area is 153 Å². The van der Waals surface area contributed by atoms with Crippen LogP contribution in [0.25, 0.3) is 0 Å². The van der Waals surface area contributed by atoms with Gasteiger partial charge in [0, 0.05) is 17.9 Å². The molecule has 0 aliphatic carbocycles. The Morgan fingerprint density at radius 2 is 1.88 bits per heavy atom. The number of nitrogens with one attached hydrogen (secondary N) is 1. The summed E-state index contributed by atoms with van der Waals surface area (Å²) in [6.45, 7) is 3.41. The maximum absolute atomic E-state index is 12.4. The highest BCUT2D eigenvalue weighted by atomic mass is 35.5. The van der Waals surface area contributed by atoms with Crippen molar-refractivity contribution in [2.24, 2.45) is 0 Å². The molecule has 0 amide bonds. The van der Waals surface area contributed by atoms with E-state index in [1.165, 1.54) is 0 Å². The van der Waals surface area contributed by atoms with Gasteiger partial charge >= 0.3 is 5.97 Å². The van der Waals surface area contributed by atoms with Gasteiger partial charge in [-0.1, -0.05) is 41.9 Å². The second kappa shape index (κ2) is 7.89. The normalized spacial score (nSPS) is 16.2. The average molecular weight is 360 g/mol. The molecule has 132 valence electrons. The van der Waals surface area contributed by atoms with Crippen LogP contribution < -0.4 is 10.1 Å². The van der Waals surface area contributed by atoms with Crippen LogP contribution >= 0.6 is 11.6 Å². The second-order valence-electron chi connectivity index (χ2n) is 6.28. The van der Waals surface area contributed by atoms with E-state index in [9.17, 15) is 4.79 Å². The molecule has 4 nitrogen and oxygen atoms in total. The number of esters is 1. The first-order chi connectivity index (χ1) is 12.1. The van der Waals surface area contributed by atoms with E-state index in [0.29, 0.717) is 10.8 Å². The number of carbonyl (C=O) groups excluding carboxylic acids is 1. The Hall–Kier alpha value is -2.04. The summed E-state index contributed by atoms with van der Waals surface area (Å²) in [5.74, 6) is 0.278. The van der Waals surface area contributed by atoms with Crippen LogP contribution in [0.4, 0.5) is 0 Å². The lowest BCUT2D eigenvalue weighted by Crippen LogP contribution is -2.43. The second-order valence-corrected chi connectivity index (χ2v) is 6.72. The number of rotatable bonds is 5. The summed E-state index contributed by atoms with van der Waals surface area (Å²) in [6, 6.07) is 15.3. The number of carbonyl (C=O) groups is 1. The maximum Gasteiger partial charge on any atom is 0.345 e. The molecule has 1 aliphatic rings. The zero-order valence-electron chi connectivity index (χ0n) is 14.3. The van der Waals surface area contributed by atoms with E-state index in [-0.39, 0.29) is 12.6 Å². The molecule has 0 saturated carbocycles. The van der Waals surface area contributed by atoms with Crippen LogP contribution in [-0.2, 0) is 15.1 Å². The fraction of sp³-hybridized carbons (Fsp3) is 0.350. The molecule has 2 aromatic carbocycles. The molecule has 0 unspecified atom stereocenters. The Morgan fingerprint density at radius 1 is 1.16 bits per heavy atom. The molecule has 25 heavy (non-hydrogen) atoms. The van der Waals surface area contributed by atoms with E-state index in [0.717, 1.165) is 37.1 Å². The van der Waals surface area contributed by atoms with E-state index >= 15 is 0 Å². The van der Waals surface area contributed by atoms with Gasteiger partial charge in [0.1, 0.15) is 11.4 Å². The van der Waals surface area contributed by atoms with Gasteiger partial charge in [-0.05, 0) is 49.3 Å². The maximum atomic E-state index is 12.4. The molecule has 1 saturated heterocycles. The van der Waals surface area contributed by atoms with Crippen LogP contribution in [0.3, 0.4) is 0 Å². The Bertz CT molecular complexity index is 727. The zero-order valence-corrected chi connectivity index (χ0v) is 15.0. The minimum absolute atomic E-state index is 0.121. The fourth-order valence-electron chi connectivity index (χ4n) is 3.18. The van der Waals surface area contributed by atoms with Crippen molar-refractivity contribution in [1.29, 1.82) is 0 Å². The van der Waals surface area contributed by atoms with E-state index in [4.69, 9.17) is 21.1 Å². The van der Waals surface area contributed by atoms with Gasteiger partial charge in [0.2, 0.25) is 0 Å². The van der Waals surface area contributed by atoms with Gasteiger partial charge in [-0.15, -0.1) is 0 Å². The highest BCUT2D eigenvalue weighted by Crippen LogP contribution is 2.35. The van der Waals surface area contributed by atoms with Crippen LogP contribution in [0.5, 0.6) is 5.75 Å². The molecule has 2 aromatic rings. The van der Waals surface area contributed by atoms with Gasteiger partial charge in [0.25, 0.3) is 0 Å². The lowest BCUT2D eigenvalue weighted by atomic mass is 9.85. The standard InChI is InChI=1S/C20H22ClNO3/c1-15-13-17(21)7-8-18(15)24-14-19(23)25-20(9-11-22-12-10-20)16-5-3-2-4-6-16/h2-8,13,22H,9-12,14H2,1H3. The quantitative estimate of drug-likeness (QED) is 0.824. The molecule has 3 rings (SSSR count). The molecular formula is C20H22ClNO3. The summed E-state index contributed by atoms with van der Waals surface area (Å²) in [6.07, 6.45) is 1.51. The van der Waals surface area contributed by atoms with Crippen LogP contribution in [0.15, 0.2) is 48.5 Å². The number of ether oxygens (including phenoxy) is 2. The number of halogens is 1. The van der Waals surface area contributed by atoms with Crippen LogP contribution in [0, 0.1) is 6.92 Å². The molecule has 0 spiro atoms. The molecule has 1 fully saturated rings. The van der Waals surface area contributed by atoms with E-state index in [2.05, 4.69) is 5.32 Å². The first-order valence-electron chi connectivity index (χ1n) is 8.46. The van der Waals surface area contributed by atoms with Gasteiger partial charge in [0.15, 0.2) is 6.61 Å². The van der Waals surface area contributed by atoms with E-state index < -0.39 is 5.60 Å². The third kappa shape index (κ3) is 4.33. The summed E-state index contributed by atoms with van der Waals surface area (Å²) in [7, 11) is 0. The van der Waals surface area contributed by atoms with Crippen molar-refractivity contribution in [3.8, 4) is 5.75 Å². The third-order valence-electron chi connectivity index (χ3n) is 4.50. The molecule has 1 N–H and O–H groups in total. The summed E-state index contributed by atoms with van der Waals surface area (Å²) < 4.78 is 11.5. The molecule has 5 heteroatoms.